The molecule has 2 N–H and O–H groups in total. The van der Waals surface area contributed by atoms with Gasteiger partial charge in [0.15, 0.2) is 0 Å². The Morgan fingerprint density at radius 1 is 1.29 bits per heavy atom. The summed E-state index contributed by atoms with van der Waals surface area (Å²) in [4.78, 5) is 15.7. The van der Waals surface area contributed by atoms with Crippen molar-refractivity contribution in [3.8, 4) is 0 Å². The first kappa shape index (κ1) is 11.4. The van der Waals surface area contributed by atoms with Crippen molar-refractivity contribution in [3.05, 3.63) is 57.8 Å². The lowest BCUT2D eigenvalue weighted by atomic mass is 10.2. The lowest BCUT2D eigenvalue weighted by molar-refractivity contribution is 0.694. The zero-order valence-corrected chi connectivity index (χ0v) is 9.97. The largest absolute Gasteiger partial charge is 0.399 e. The molecule has 0 aliphatic heterocycles. The molecule has 0 bridgehead atoms. The molecule has 0 atom stereocenters. The van der Waals surface area contributed by atoms with Crippen molar-refractivity contribution in [1.29, 1.82) is 0 Å². The standard InChI is InChI=1S/C13H15N3O/c1-9-6-10(2)16(13(17)15-9)8-11-4-3-5-12(14)7-11/h3-7H,8,14H2,1-2H3. The predicted molar refractivity (Wildman–Crippen MR) is 67.9 cm³/mol. The molecule has 0 aliphatic rings. The fourth-order valence-corrected chi connectivity index (χ4v) is 1.84. The Balaban J connectivity index is 2.40. The molecule has 0 saturated carbocycles. The average Bonchev–Trinajstić information content (AvgIpc) is 2.23. The number of hydrogen-bond acceptors (Lipinski definition) is 3. The van der Waals surface area contributed by atoms with E-state index in [1.165, 1.54) is 0 Å². The second-order valence-corrected chi connectivity index (χ2v) is 4.15. The van der Waals surface area contributed by atoms with E-state index in [-0.39, 0.29) is 5.69 Å². The Labute approximate surface area is 99.7 Å². The summed E-state index contributed by atoms with van der Waals surface area (Å²) in [5.41, 5.74) is 8.85. The molecule has 1 aromatic carbocycles. The molecule has 2 aromatic rings. The summed E-state index contributed by atoms with van der Waals surface area (Å²) >= 11 is 0. The molecule has 0 amide bonds. The maximum Gasteiger partial charge on any atom is 0.348 e. The highest BCUT2D eigenvalue weighted by molar-refractivity contribution is 5.40. The fourth-order valence-electron chi connectivity index (χ4n) is 1.84. The van der Waals surface area contributed by atoms with Crippen molar-refractivity contribution in [2.24, 2.45) is 0 Å². The van der Waals surface area contributed by atoms with Gasteiger partial charge < -0.3 is 5.73 Å². The first-order valence-corrected chi connectivity index (χ1v) is 5.46. The van der Waals surface area contributed by atoms with Crippen LogP contribution in [0.2, 0.25) is 0 Å². The lowest BCUT2D eigenvalue weighted by Crippen LogP contribution is -2.26. The van der Waals surface area contributed by atoms with Gasteiger partial charge in [0, 0.05) is 17.1 Å². The zero-order valence-electron chi connectivity index (χ0n) is 9.97. The van der Waals surface area contributed by atoms with Gasteiger partial charge in [0.2, 0.25) is 0 Å². The lowest BCUT2D eigenvalue weighted by Gasteiger charge is -2.10. The Morgan fingerprint density at radius 3 is 2.71 bits per heavy atom. The van der Waals surface area contributed by atoms with Gasteiger partial charge in [-0.1, -0.05) is 12.1 Å². The number of nitrogens with zero attached hydrogens (tertiary/aromatic N) is 2. The summed E-state index contributed by atoms with van der Waals surface area (Å²) in [7, 11) is 0. The van der Waals surface area contributed by atoms with Crippen LogP contribution in [0.1, 0.15) is 17.0 Å². The van der Waals surface area contributed by atoms with Gasteiger partial charge in [-0.25, -0.2) is 4.79 Å². The molecular formula is C13H15N3O. The molecule has 2 rings (SSSR count). The number of benzene rings is 1. The molecular weight excluding hydrogens is 214 g/mol. The van der Waals surface area contributed by atoms with Crippen LogP contribution in [0.15, 0.2) is 35.1 Å². The summed E-state index contributed by atoms with van der Waals surface area (Å²) in [6, 6.07) is 9.42. The van der Waals surface area contributed by atoms with Gasteiger partial charge in [0.05, 0.1) is 6.54 Å². The topological polar surface area (TPSA) is 60.9 Å². The van der Waals surface area contributed by atoms with Gasteiger partial charge in [-0.2, -0.15) is 4.98 Å². The average molecular weight is 229 g/mol. The highest BCUT2D eigenvalue weighted by Crippen LogP contribution is 2.08. The normalized spacial score (nSPS) is 10.5. The van der Waals surface area contributed by atoms with Crippen molar-refractivity contribution in [1.82, 2.24) is 9.55 Å². The van der Waals surface area contributed by atoms with Crippen LogP contribution >= 0.6 is 0 Å². The van der Waals surface area contributed by atoms with E-state index in [1.54, 1.807) is 4.57 Å². The molecule has 1 aromatic heterocycles. The second kappa shape index (κ2) is 4.41. The smallest absolute Gasteiger partial charge is 0.348 e. The molecule has 0 radical (unpaired) electrons. The minimum Gasteiger partial charge on any atom is -0.399 e. The number of rotatable bonds is 2. The zero-order chi connectivity index (χ0) is 12.4. The number of nitrogens with two attached hydrogens (primary N) is 1. The third-order valence-electron chi connectivity index (χ3n) is 2.64. The van der Waals surface area contributed by atoms with Gasteiger partial charge in [0.25, 0.3) is 0 Å². The molecule has 1 heterocycles. The van der Waals surface area contributed by atoms with Crippen LogP contribution in [0.5, 0.6) is 0 Å². The van der Waals surface area contributed by atoms with Crippen LogP contribution < -0.4 is 11.4 Å². The predicted octanol–water partition coefficient (Wildman–Crippen LogP) is 1.49. The maximum atomic E-state index is 11.8. The van der Waals surface area contributed by atoms with Crippen molar-refractivity contribution in [2.75, 3.05) is 5.73 Å². The van der Waals surface area contributed by atoms with E-state index in [0.717, 1.165) is 17.0 Å². The highest BCUT2D eigenvalue weighted by atomic mass is 16.1. The third kappa shape index (κ3) is 2.53. The Hall–Kier alpha value is -2.10. The van der Waals surface area contributed by atoms with Crippen molar-refractivity contribution < 1.29 is 0 Å². The van der Waals surface area contributed by atoms with Gasteiger partial charge in [0.1, 0.15) is 0 Å². The van der Waals surface area contributed by atoms with Crippen molar-refractivity contribution in [3.63, 3.8) is 0 Å². The first-order valence-electron chi connectivity index (χ1n) is 5.46. The van der Waals surface area contributed by atoms with E-state index in [9.17, 15) is 4.79 Å². The summed E-state index contributed by atoms with van der Waals surface area (Å²) in [6.45, 7) is 4.23. The molecule has 17 heavy (non-hydrogen) atoms. The van der Waals surface area contributed by atoms with E-state index in [1.807, 2.05) is 44.2 Å². The number of aromatic nitrogens is 2. The van der Waals surface area contributed by atoms with E-state index >= 15 is 0 Å². The van der Waals surface area contributed by atoms with Crippen molar-refractivity contribution in [2.45, 2.75) is 20.4 Å². The first-order chi connectivity index (χ1) is 8.06. The van der Waals surface area contributed by atoms with E-state index in [0.29, 0.717) is 12.2 Å². The van der Waals surface area contributed by atoms with E-state index < -0.39 is 0 Å². The summed E-state index contributed by atoms with van der Waals surface area (Å²) < 4.78 is 1.64. The minimum absolute atomic E-state index is 0.218. The quantitative estimate of drug-likeness (QED) is 0.794. The van der Waals surface area contributed by atoms with E-state index in [4.69, 9.17) is 5.73 Å². The molecule has 0 aliphatic carbocycles. The van der Waals surface area contributed by atoms with Crippen LogP contribution in [0.3, 0.4) is 0 Å². The number of aryl methyl sites for hydroxylation is 2. The monoisotopic (exact) mass is 229 g/mol. The van der Waals surface area contributed by atoms with Crippen LogP contribution in [-0.4, -0.2) is 9.55 Å². The molecule has 0 spiro atoms. The maximum absolute atomic E-state index is 11.8. The minimum atomic E-state index is -0.218. The molecule has 0 unspecified atom stereocenters. The summed E-state index contributed by atoms with van der Waals surface area (Å²) in [5.74, 6) is 0. The molecule has 4 nitrogen and oxygen atoms in total. The molecule has 0 saturated heterocycles. The number of nitrogen functional groups attached to an aromatic ring is 1. The fraction of sp³-hybridized carbons (Fsp3) is 0.231. The molecule has 0 fully saturated rings. The summed E-state index contributed by atoms with van der Waals surface area (Å²) in [6.07, 6.45) is 0. The Kier molecular flexibility index (Phi) is 2.95. The van der Waals surface area contributed by atoms with Gasteiger partial charge in [-0.05, 0) is 37.6 Å². The Bertz CT molecular complexity index is 602. The second-order valence-electron chi connectivity index (χ2n) is 4.15. The van der Waals surface area contributed by atoms with Crippen LogP contribution in [-0.2, 0) is 6.54 Å². The van der Waals surface area contributed by atoms with Crippen LogP contribution in [0.4, 0.5) is 5.69 Å². The van der Waals surface area contributed by atoms with E-state index in [2.05, 4.69) is 4.98 Å². The van der Waals surface area contributed by atoms with Crippen molar-refractivity contribution >= 4 is 5.69 Å². The Morgan fingerprint density at radius 2 is 2.06 bits per heavy atom. The summed E-state index contributed by atoms with van der Waals surface area (Å²) in [5, 5.41) is 0. The molecule has 4 heteroatoms. The van der Waals surface area contributed by atoms with Crippen LogP contribution in [0.25, 0.3) is 0 Å². The number of hydrogen-bond donors (Lipinski definition) is 1. The SMILES string of the molecule is Cc1cc(C)n(Cc2cccc(N)c2)c(=O)n1. The third-order valence-corrected chi connectivity index (χ3v) is 2.64. The molecule has 88 valence electrons. The number of anilines is 1. The van der Waals surface area contributed by atoms with Gasteiger partial charge >= 0.3 is 5.69 Å². The van der Waals surface area contributed by atoms with Crippen LogP contribution in [0, 0.1) is 13.8 Å². The van der Waals surface area contributed by atoms with Gasteiger partial charge in [-0.3, -0.25) is 4.57 Å². The van der Waals surface area contributed by atoms with Gasteiger partial charge in [-0.15, -0.1) is 0 Å². The highest BCUT2D eigenvalue weighted by Gasteiger charge is 2.03.